The van der Waals surface area contributed by atoms with E-state index in [9.17, 15) is 5.26 Å². The Morgan fingerprint density at radius 3 is 2.02 bits per heavy atom. The number of nitrogens with zero attached hydrogens (tertiary/aromatic N) is 2. The predicted molar refractivity (Wildman–Crippen MR) is 179 cm³/mol. The molecule has 0 bridgehead atoms. The molecule has 0 fully saturated rings. The summed E-state index contributed by atoms with van der Waals surface area (Å²) in [6.07, 6.45) is 8.87. The van der Waals surface area contributed by atoms with Crippen LogP contribution in [0.1, 0.15) is 41.7 Å². The zero-order chi connectivity index (χ0) is 30.7. The SMILES string of the molecule is CCN(Cc1ccccc1)c1ccc(C(=C2C=CC(=[N+](CC)Cc3ccccc3)C=C2)c2ccc(SOO[O-])cc2C)cc1.[Na+]. The van der Waals surface area contributed by atoms with Crippen molar-refractivity contribution >= 4 is 29.0 Å². The Kier molecular flexibility index (Phi) is 13.5. The Balaban J connectivity index is 0.00000461. The molecule has 0 atom stereocenters. The van der Waals surface area contributed by atoms with Crippen LogP contribution in [-0.4, -0.2) is 23.4 Å². The molecule has 5 nitrogen and oxygen atoms in total. The van der Waals surface area contributed by atoms with Crippen molar-refractivity contribution in [1.82, 2.24) is 0 Å². The number of rotatable bonds is 12. The van der Waals surface area contributed by atoms with Crippen molar-refractivity contribution in [1.29, 1.82) is 0 Å². The number of anilines is 1. The van der Waals surface area contributed by atoms with Gasteiger partial charge in [-0.15, -0.1) is 0 Å². The number of aryl methyl sites for hydroxylation is 1. The van der Waals surface area contributed by atoms with Crippen molar-refractivity contribution in [2.75, 3.05) is 18.0 Å². The van der Waals surface area contributed by atoms with E-state index in [0.717, 1.165) is 71.0 Å². The topological polar surface area (TPSA) is 47.8 Å². The summed E-state index contributed by atoms with van der Waals surface area (Å²) in [6, 6.07) is 36.1. The van der Waals surface area contributed by atoms with Crippen LogP contribution < -0.4 is 39.7 Å². The van der Waals surface area contributed by atoms with Crippen LogP contribution in [0.4, 0.5) is 5.69 Å². The molecule has 0 aliphatic heterocycles. The molecule has 1 aliphatic carbocycles. The molecule has 0 radical (unpaired) electrons. The number of hydrogen-bond acceptors (Lipinski definition) is 5. The zero-order valence-electron chi connectivity index (χ0n) is 26.5. The maximum atomic E-state index is 10.4. The first-order valence-electron chi connectivity index (χ1n) is 15.0. The first-order chi connectivity index (χ1) is 21.6. The van der Waals surface area contributed by atoms with Gasteiger partial charge in [0.15, 0.2) is 12.3 Å². The molecular formula is C38H38N2NaO3S+. The average Bonchev–Trinajstić information content (AvgIpc) is 3.08. The van der Waals surface area contributed by atoms with E-state index in [-0.39, 0.29) is 29.6 Å². The van der Waals surface area contributed by atoms with Gasteiger partial charge in [-0.1, -0.05) is 78.9 Å². The van der Waals surface area contributed by atoms with Gasteiger partial charge in [0.25, 0.3) is 0 Å². The third kappa shape index (κ3) is 9.18. The summed E-state index contributed by atoms with van der Waals surface area (Å²) in [6.45, 7) is 10.0. The van der Waals surface area contributed by atoms with E-state index >= 15 is 0 Å². The van der Waals surface area contributed by atoms with E-state index in [4.69, 9.17) is 0 Å². The molecule has 5 rings (SSSR count). The Morgan fingerprint density at radius 1 is 0.800 bits per heavy atom. The summed E-state index contributed by atoms with van der Waals surface area (Å²) >= 11 is 0.908. The molecule has 0 saturated carbocycles. The van der Waals surface area contributed by atoms with E-state index in [1.165, 1.54) is 22.5 Å². The van der Waals surface area contributed by atoms with E-state index < -0.39 is 0 Å². The van der Waals surface area contributed by atoms with Gasteiger partial charge < -0.3 is 10.2 Å². The van der Waals surface area contributed by atoms with Gasteiger partial charge in [-0.2, -0.15) is 4.33 Å². The van der Waals surface area contributed by atoms with Gasteiger partial charge in [0.2, 0.25) is 0 Å². The molecule has 224 valence electrons. The van der Waals surface area contributed by atoms with Crippen molar-refractivity contribution in [3.8, 4) is 0 Å². The second-order valence-corrected chi connectivity index (χ2v) is 11.4. The van der Waals surface area contributed by atoms with E-state index in [1.807, 2.05) is 12.1 Å². The fraction of sp³-hybridized carbons (Fsp3) is 0.184. The van der Waals surface area contributed by atoms with Crippen LogP contribution in [0.3, 0.4) is 0 Å². The van der Waals surface area contributed by atoms with Gasteiger partial charge in [0.05, 0.1) is 12.0 Å². The summed E-state index contributed by atoms with van der Waals surface area (Å²) in [7, 11) is 0. The molecule has 0 spiro atoms. The molecule has 0 unspecified atom stereocenters. The third-order valence-corrected chi connectivity index (χ3v) is 8.43. The van der Waals surface area contributed by atoms with Crippen LogP contribution in [0, 0.1) is 6.92 Å². The first kappa shape index (κ1) is 34.7. The molecule has 0 N–H and O–H groups in total. The molecule has 0 heterocycles. The van der Waals surface area contributed by atoms with Gasteiger partial charge in [-0.25, -0.2) is 4.58 Å². The second kappa shape index (κ2) is 17.5. The fourth-order valence-electron chi connectivity index (χ4n) is 5.56. The van der Waals surface area contributed by atoms with Crippen LogP contribution in [-0.2, 0) is 22.5 Å². The predicted octanol–water partition coefficient (Wildman–Crippen LogP) is 4.86. The maximum absolute atomic E-state index is 10.4. The quantitative estimate of drug-likeness (QED) is 0.0741. The fourth-order valence-corrected chi connectivity index (χ4v) is 6.01. The van der Waals surface area contributed by atoms with Gasteiger partial charge in [0.1, 0.15) is 6.54 Å². The van der Waals surface area contributed by atoms with Gasteiger partial charge in [-0.3, -0.25) is 5.04 Å². The minimum Gasteiger partial charge on any atom is -0.691 e. The second-order valence-electron chi connectivity index (χ2n) is 10.7. The summed E-state index contributed by atoms with van der Waals surface area (Å²) in [5, 5.41) is 13.9. The van der Waals surface area contributed by atoms with Crippen molar-refractivity contribution in [3.05, 3.63) is 161 Å². The minimum absolute atomic E-state index is 0. The Bertz CT molecular complexity index is 1650. The van der Waals surface area contributed by atoms with E-state index in [2.05, 4.69) is 155 Å². The average molecular weight is 626 g/mol. The summed E-state index contributed by atoms with van der Waals surface area (Å²) < 4.78 is 6.95. The Labute approximate surface area is 293 Å². The van der Waals surface area contributed by atoms with Gasteiger partial charge in [0, 0.05) is 41.4 Å². The summed E-state index contributed by atoms with van der Waals surface area (Å²) in [5.74, 6) is 0. The molecule has 4 aromatic rings. The van der Waals surface area contributed by atoms with Crippen molar-refractivity contribution in [2.24, 2.45) is 0 Å². The standard InChI is InChI=1S/C38H38N2O3S.Na/c1-4-39(27-30-12-8-6-9-13-30)34-20-16-32(17-21-34)38(37-25-24-36(26-29(37)3)44-43-42-41)33-18-22-35(23-19-33)40(5-2)28-31-14-10-7-11-15-31;/h6-26H,4-5,27-28H2,1-3H3;/q;+1. The molecule has 0 aromatic heterocycles. The third-order valence-electron chi connectivity index (χ3n) is 7.86. The largest absolute Gasteiger partial charge is 1.00 e. The first-order valence-corrected chi connectivity index (χ1v) is 15.7. The van der Waals surface area contributed by atoms with Crippen LogP contribution in [0.5, 0.6) is 0 Å². The smallest absolute Gasteiger partial charge is 0.691 e. The molecule has 45 heavy (non-hydrogen) atoms. The normalized spacial score (nSPS) is 12.2. The monoisotopic (exact) mass is 625 g/mol. The molecule has 7 heteroatoms. The maximum Gasteiger partial charge on any atom is 1.00 e. The molecule has 0 saturated heterocycles. The number of hydrogen-bond donors (Lipinski definition) is 0. The van der Waals surface area contributed by atoms with Crippen molar-refractivity contribution in [3.63, 3.8) is 0 Å². The molecule has 1 aliphatic rings. The molecule has 0 amide bonds. The molecule has 4 aromatic carbocycles. The van der Waals surface area contributed by atoms with Gasteiger partial charge >= 0.3 is 29.6 Å². The summed E-state index contributed by atoms with van der Waals surface area (Å²) in [5.41, 5.74) is 10.6. The number of benzene rings is 4. The number of allylic oxidation sites excluding steroid dienone is 5. The Morgan fingerprint density at radius 2 is 1.44 bits per heavy atom. The van der Waals surface area contributed by atoms with Gasteiger partial charge in [-0.05, 0) is 90.6 Å². The van der Waals surface area contributed by atoms with Crippen LogP contribution in [0.2, 0.25) is 0 Å². The van der Waals surface area contributed by atoms with Crippen LogP contribution in [0.25, 0.3) is 5.57 Å². The zero-order valence-corrected chi connectivity index (χ0v) is 29.3. The summed E-state index contributed by atoms with van der Waals surface area (Å²) in [4.78, 5) is 3.18. The van der Waals surface area contributed by atoms with Crippen molar-refractivity contribution < 1.29 is 48.8 Å². The Hall–Kier alpha value is -3.20. The van der Waals surface area contributed by atoms with E-state index in [0.29, 0.717) is 0 Å². The van der Waals surface area contributed by atoms with Crippen LogP contribution >= 0.6 is 12.0 Å². The van der Waals surface area contributed by atoms with E-state index in [1.54, 1.807) is 0 Å². The van der Waals surface area contributed by atoms with Crippen LogP contribution in [0.15, 0.2) is 138 Å². The van der Waals surface area contributed by atoms with Crippen molar-refractivity contribution in [2.45, 2.75) is 38.8 Å². The minimum atomic E-state index is 0. The molecular weight excluding hydrogens is 587 g/mol.